The van der Waals surface area contributed by atoms with Crippen molar-refractivity contribution in [1.82, 2.24) is 4.90 Å². The summed E-state index contributed by atoms with van der Waals surface area (Å²) in [7, 11) is 1.68. The van der Waals surface area contributed by atoms with E-state index in [0.29, 0.717) is 18.4 Å². The lowest BCUT2D eigenvalue weighted by Crippen LogP contribution is -2.43. The first-order valence-corrected chi connectivity index (χ1v) is 7.43. The van der Waals surface area contributed by atoms with Crippen molar-refractivity contribution >= 4 is 6.09 Å². The lowest BCUT2D eigenvalue weighted by molar-refractivity contribution is 0.0110. The first kappa shape index (κ1) is 17.0. The maximum absolute atomic E-state index is 12.4. The quantitative estimate of drug-likeness (QED) is 0.725. The molecule has 0 radical (unpaired) electrons. The molecule has 0 aromatic heterocycles. The summed E-state index contributed by atoms with van der Waals surface area (Å²) >= 11 is 0. The zero-order valence-electron chi connectivity index (χ0n) is 13.5. The third-order valence-corrected chi connectivity index (χ3v) is 3.84. The molecule has 1 heterocycles. The van der Waals surface area contributed by atoms with Gasteiger partial charge in [0.15, 0.2) is 0 Å². The molecule has 1 rings (SSSR count). The normalized spacial score (nSPS) is 26.6. The molecule has 1 aliphatic heterocycles. The molecule has 0 saturated carbocycles. The molecule has 1 saturated heterocycles. The molecular weight excluding hydrogens is 254 g/mol. The zero-order valence-corrected chi connectivity index (χ0v) is 13.5. The number of nitrogens with zero attached hydrogens (tertiary/aromatic N) is 1. The number of rotatable bonds is 5. The van der Waals surface area contributed by atoms with Crippen LogP contribution in [0.3, 0.4) is 0 Å². The highest BCUT2D eigenvalue weighted by Gasteiger charge is 2.43. The van der Waals surface area contributed by atoms with Gasteiger partial charge in [0.1, 0.15) is 5.60 Å². The van der Waals surface area contributed by atoms with Crippen molar-refractivity contribution in [3.05, 3.63) is 12.7 Å². The van der Waals surface area contributed by atoms with Gasteiger partial charge >= 0.3 is 6.09 Å². The number of ether oxygens (including phenoxy) is 2. The van der Waals surface area contributed by atoms with Gasteiger partial charge in [-0.05, 0) is 39.0 Å². The fraction of sp³-hybridized carbons (Fsp3) is 0.812. The molecule has 116 valence electrons. The van der Waals surface area contributed by atoms with Crippen LogP contribution in [0.25, 0.3) is 0 Å². The van der Waals surface area contributed by atoms with E-state index in [9.17, 15) is 4.79 Å². The Bertz CT molecular complexity index is 335. The molecule has 3 unspecified atom stereocenters. The van der Waals surface area contributed by atoms with Crippen LogP contribution < -0.4 is 0 Å². The van der Waals surface area contributed by atoms with Crippen molar-refractivity contribution in [3.63, 3.8) is 0 Å². The SMILES string of the molecule is C=CCC1CN(C(=O)OC(C)(C)C)C(COC)C1CC. The first-order valence-electron chi connectivity index (χ1n) is 7.43. The lowest BCUT2D eigenvalue weighted by atomic mass is 9.86. The Morgan fingerprint density at radius 2 is 2.10 bits per heavy atom. The fourth-order valence-electron chi connectivity index (χ4n) is 3.05. The lowest BCUT2D eigenvalue weighted by Gasteiger charge is -2.30. The van der Waals surface area contributed by atoms with Crippen molar-refractivity contribution in [2.45, 2.75) is 52.2 Å². The molecule has 4 heteroatoms. The Hall–Kier alpha value is -1.03. The average molecular weight is 283 g/mol. The number of amides is 1. The summed E-state index contributed by atoms with van der Waals surface area (Å²) in [5.41, 5.74) is -0.465. The van der Waals surface area contributed by atoms with Gasteiger partial charge in [0, 0.05) is 13.7 Å². The van der Waals surface area contributed by atoms with Crippen LogP contribution >= 0.6 is 0 Å². The molecule has 1 amide bonds. The van der Waals surface area contributed by atoms with Gasteiger partial charge in [0.25, 0.3) is 0 Å². The van der Waals surface area contributed by atoms with Crippen LogP contribution in [-0.2, 0) is 9.47 Å². The second-order valence-electron chi connectivity index (χ2n) is 6.51. The number of methoxy groups -OCH3 is 1. The maximum atomic E-state index is 12.4. The number of carbonyl (C=O) groups excluding carboxylic acids is 1. The van der Waals surface area contributed by atoms with Gasteiger partial charge in [-0.3, -0.25) is 0 Å². The van der Waals surface area contributed by atoms with E-state index in [2.05, 4.69) is 13.5 Å². The second-order valence-corrected chi connectivity index (χ2v) is 6.51. The minimum atomic E-state index is -0.465. The van der Waals surface area contributed by atoms with E-state index in [1.807, 2.05) is 31.7 Å². The summed E-state index contributed by atoms with van der Waals surface area (Å²) in [6, 6.07) is 0.102. The highest BCUT2D eigenvalue weighted by molar-refractivity contribution is 5.69. The van der Waals surface area contributed by atoms with Gasteiger partial charge in [-0.2, -0.15) is 0 Å². The fourth-order valence-corrected chi connectivity index (χ4v) is 3.05. The molecule has 4 nitrogen and oxygen atoms in total. The molecule has 0 N–H and O–H groups in total. The van der Waals surface area contributed by atoms with Crippen LogP contribution in [0.5, 0.6) is 0 Å². The van der Waals surface area contributed by atoms with E-state index in [4.69, 9.17) is 9.47 Å². The van der Waals surface area contributed by atoms with E-state index in [-0.39, 0.29) is 12.1 Å². The largest absolute Gasteiger partial charge is 0.444 e. The Balaban J connectivity index is 2.86. The predicted molar refractivity (Wildman–Crippen MR) is 80.7 cm³/mol. The third-order valence-electron chi connectivity index (χ3n) is 3.84. The highest BCUT2D eigenvalue weighted by atomic mass is 16.6. The van der Waals surface area contributed by atoms with E-state index in [1.54, 1.807) is 7.11 Å². The van der Waals surface area contributed by atoms with Gasteiger partial charge in [-0.1, -0.05) is 19.4 Å². The maximum Gasteiger partial charge on any atom is 0.410 e. The molecule has 20 heavy (non-hydrogen) atoms. The smallest absolute Gasteiger partial charge is 0.410 e. The van der Waals surface area contributed by atoms with E-state index in [1.165, 1.54) is 0 Å². The van der Waals surface area contributed by atoms with Crippen molar-refractivity contribution < 1.29 is 14.3 Å². The molecule has 0 aliphatic carbocycles. The van der Waals surface area contributed by atoms with Gasteiger partial charge in [-0.25, -0.2) is 4.79 Å². The topological polar surface area (TPSA) is 38.8 Å². The van der Waals surface area contributed by atoms with Gasteiger partial charge in [-0.15, -0.1) is 6.58 Å². The first-order chi connectivity index (χ1) is 9.34. The van der Waals surface area contributed by atoms with Crippen molar-refractivity contribution in [3.8, 4) is 0 Å². The Labute approximate surface area is 123 Å². The third kappa shape index (κ3) is 4.23. The number of hydrogen-bond acceptors (Lipinski definition) is 3. The summed E-state index contributed by atoms with van der Waals surface area (Å²) in [5.74, 6) is 0.894. The van der Waals surface area contributed by atoms with Crippen LogP contribution in [0.2, 0.25) is 0 Å². The summed E-state index contributed by atoms with van der Waals surface area (Å²) in [6.45, 7) is 13.0. The molecule has 1 fully saturated rings. The van der Waals surface area contributed by atoms with Gasteiger partial charge in [0.05, 0.1) is 12.6 Å². The molecular formula is C16H29NO3. The zero-order chi connectivity index (χ0) is 15.3. The number of allylic oxidation sites excluding steroid dienone is 1. The Morgan fingerprint density at radius 1 is 1.45 bits per heavy atom. The number of hydrogen-bond donors (Lipinski definition) is 0. The van der Waals surface area contributed by atoms with Gasteiger partial charge < -0.3 is 14.4 Å². The monoisotopic (exact) mass is 283 g/mol. The Kier molecular flexibility index (Phi) is 6.06. The van der Waals surface area contributed by atoms with Crippen LogP contribution in [-0.4, -0.2) is 42.9 Å². The number of carbonyl (C=O) groups is 1. The highest BCUT2D eigenvalue weighted by Crippen LogP contribution is 2.35. The molecule has 0 aromatic carbocycles. The van der Waals surface area contributed by atoms with E-state index in [0.717, 1.165) is 19.4 Å². The van der Waals surface area contributed by atoms with Crippen molar-refractivity contribution in [2.75, 3.05) is 20.3 Å². The van der Waals surface area contributed by atoms with E-state index >= 15 is 0 Å². The summed E-state index contributed by atoms with van der Waals surface area (Å²) in [5, 5.41) is 0. The molecule has 0 bridgehead atoms. The number of likely N-dealkylation sites (tertiary alicyclic amines) is 1. The molecule has 1 aliphatic rings. The van der Waals surface area contributed by atoms with Crippen molar-refractivity contribution in [1.29, 1.82) is 0 Å². The summed E-state index contributed by atoms with van der Waals surface area (Å²) in [4.78, 5) is 14.2. The van der Waals surface area contributed by atoms with Crippen LogP contribution in [0.4, 0.5) is 4.79 Å². The summed E-state index contributed by atoms with van der Waals surface area (Å²) < 4.78 is 10.8. The predicted octanol–water partition coefficient (Wildman–Crippen LogP) is 3.47. The summed E-state index contributed by atoms with van der Waals surface area (Å²) in [6.07, 6.45) is 3.67. The van der Waals surface area contributed by atoms with Crippen LogP contribution in [0.15, 0.2) is 12.7 Å². The molecule has 3 atom stereocenters. The van der Waals surface area contributed by atoms with E-state index < -0.39 is 5.60 Å². The Morgan fingerprint density at radius 3 is 2.55 bits per heavy atom. The molecule has 0 spiro atoms. The average Bonchev–Trinajstić information content (AvgIpc) is 2.66. The van der Waals surface area contributed by atoms with Gasteiger partial charge in [0.2, 0.25) is 0 Å². The minimum absolute atomic E-state index is 0.102. The second kappa shape index (κ2) is 7.11. The van der Waals surface area contributed by atoms with Crippen molar-refractivity contribution in [2.24, 2.45) is 11.8 Å². The minimum Gasteiger partial charge on any atom is -0.444 e. The standard InChI is InChI=1S/C16H29NO3/c1-7-9-12-10-17(15(18)20-16(3,4)5)14(11-19-6)13(12)8-2/h7,12-14H,1,8-11H2,2-6H3. The molecule has 0 aromatic rings. The van der Waals surface area contributed by atoms with Crippen LogP contribution in [0.1, 0.15) is 40.5 Å². The van der Waals surface area contributed by atoms with Crippen LogP contribution in [0, 0.1) is 11.8 Å².